The first-order chi connectivity index (χ1) is 13.2. The molecule has 0 bridgehead atoms. The first-order valence-electron chi connectivity index (χ1n) is 8.82. The Morgan fingerprint density at radius 2 is 1.89 bits per heavy atom. The minimum atomic E-state index is -0.215. The maximum Gasteiger partial charge on any atom is 0.273 e. The molecule has 27 heavy (non-hydrogen) atoms. The normalized spacial score (nSPS) is 13.4. The second-order valence-electron chi connectivity index (χ2n) is 6.47. The largest absolute Gasteiger partial charge is 0.484 e. The second-order valence-corrected chi connectivity index (χ2v) is 7.31. The van der Waals surface area contributed by atoms with Gasteiger partial charge in [-0.05, 0) is 42.4 Å². The summed E-state index contributed by atoms with van der Waals surface area (Å²) in [7, 11) is 0. The number of thioether (sulfide) groups is 1. The van der Waals surface area contributed by atoms with Crippen molar-refractivity contribution in [1.82, 2.24) is 10.5 Å². The van der Waals surface area contributed by atoms with Crippen LogP contribution in [-0.2, 0) is 19.4 Å². The van der Waals surface area contributed by atoms with Crippen molar-refractivity contribution >= 4 is 17.7 Å². The number of fused-ring (bicyclic) bond motifs is 1. The van der Waals surface area contributed by atoms with Crippen LogP contribution in [0.4, 0.5) is 0 Å². The number of rotatable bonds is 6. The highest BCUT2D eigenvalue weighted by Gasteiger charge is 2.24. The first kappa shape index (κ1) is 17.7. The number of nitrogens with zero attached hydrogens (tertiary/aromatic N) is 1. The van der Waals surface area contributed by atoms with Crippen LogP contribution in [-0.4, -0.2) is 23.4 Å². The molecule has 138 valence electrons. The molecule has 0 fully saturated rings. The molecule has 0 atom stereocenters. The predicted molar refractivity (Wildman–Crippen MR) is 104 cm³/mol. The Hall–Kier alpha value is -2.73. The third kappa shape index (κ3) is 4.01. The topological polar surface area (TPSA) is 64.4 Å². The maximum atomic E-state index is 12.5. The minimum Gasteiger partial charge on any atom is -0.484 e. The van der Waals surface area contributed by atoms with Crippen molar-refractivity contribution in [3.05, 3.63) is 77.2 Å². The summed E-state index contributed by atoms with van der Waals surface area (Å²) in [5, 5.41) is 6.93. The van der Waals surface area contributed by atoms with E-state index >= 15 is 0 Å². The Morgan fingerprint density at radius 3 is 2.63 bits per heavy atom. The molecule has 0 saturated carbocycles. The zero-order valence-electron chi connectivity index (χ0n) is 15.0. The van der Waals surface area contributed by atoms with E-state index in [1.807, 2.05) is 42.7 Å². The lowest BCUT2D eigenvalue weighted by Gasteiger charge is -2.10. The summed E-state index contributed by atoms with van der Waals surface area (Å²) < 4.78 is 11.1. The number of nitrogens with one attached hydrogen (secondary N) is 1. The molecule has 5 nitrogen and oxygen atoms in total. The van der Waals surface area contributed by atoms with Crippen LogP contribution in [0.1, 0.15) is 27.4 Å². The highest BCUT2D eigenvalue weighted by atomic mass is 32.2. The van der Waals surface area contributed by atoms with Crippen LogP contribution in [0.2, 0.25) is 0 Å². The van der Waals surface area contributed by atoms with Gasteiger partial charge in [-0.3, -0.25) is 4.79 Å². The number of hydrogen-bond acceptors (Lipinski definition) is 5. The molecule has 2 aromatic carbocycles. The van der Waals surface area contributed by atoms with Gasteiger partial charge in [-0.25, -0.2) is 0 Å². The molecule has 1 aromatic heterocycles. The Morgan fingerprint density at radius 1 is 1.19 bits per heavy atom. The number of hydrogen-bond donors (Lipinski definition) is 1. The lowest BCUT2D eigenvalue weighted by Crippen LogP contribution is -2.35. The average molecular weight is 380 g/mol. The van der Waals surface area contributed by atoms with E-state index < -0.39 is 0 Å². The van der Waals surface area contributed by atoms with Gasteiger partial charge in [0, 0.05) is 17.0 Å². The SMILES string of the molecule is CSc1ccccc1OCc1cc(C(=O)NC2Cc3ccccc3C2)no1. The van der Waals surface area contributed by atoms with Crippen LogP contribution < -0.4 is 10.1 Å². The fourth-order valence-electron chi connectivity index (χ4n) is 3.30. The van der Waals surface area contributed by atoms with Gasteiger partial charge in [0.1, 0.15) is 12.4 Å². The number of benzene rings is 2. The molecule has 0 radical (unpaired) electrons. The van der Waals surface area contributed by atoms with E-state index in [9.17, 15) is 4.79 Å². The van der Waals surface area contributed by atoms with Crippen molar-refractivity contribution in [3.63, 3.8) is 0 Å². The Labute approximate surface area is 162 Å². The Kier molecular flexibility index (Phi) is 5.16. The highest BCUT2D eigenvalue weighted by molar-refractivity contribution is 7.98. The quantitative estimate of drug-likeness (QED) is 0.658. The van der Waals surface area contributed by atoms with E-state index in [4.69, 9.17) is 9.26 Å². The van der Waals surface area contributed by atoms with Crippen molar-refractivity contribution < 1.29 is 14.1 Å². The van der Waals surface area contributed by atoms with Crippen molar-refractivity contribution in [3.8, 4) is 5.75 Å². The molecule has 3 aromatic rings. The van der Waals surface area contributed by atoms with Gasteiger partial charge in [-0.1, -0.05) is 41.6 Å². The van der Waals surface area contributed by atoms with Crippen LogP contribution in [0.25, 0.3) is 0 Å². The van der Waals surface area contributed by atoms with Crippen LogP contribution in [0.5, 0.6) is 5.75 Å². The minimum absolute atomic E-state index is 0.0970. The number of carbonyl (C=O) groups excluding carboxylic acids is 1. The van der Waals surface area contributed by atoms with Crippen LogP contribution in [0.15, 0.2) is 64.0 Å². The van der Waals surface area contributed by atoms with E-state index in [2.05, 4.69) is 22.6 Å². The molecule has 4 rings (SSSR count). The summed E-state index contributed by atoms with van der Waals surface area (Å²) in [5.74, 6) is 1.09. The van der Waals surface area contributed by atoms with E-state index in [1.54, 1.807) is 17.8 Å². The smallest absolute Gasteiger partial charge is 0.273 e. The Balaban J connectivity index is 1.34. The van der Waals surface area contributed by atoms with Gasteiger partial charge in [0.25, 0.3) is 5.91 Å². The zero-order valence-corrected chi connectivity index (χ0v) is 15.8. The number of carbonyl (C=O) groups is 1. The molecular weight excluding hydrogens is 360 g/mol. The predicted octanol–water partition coefficient (Wildman–Crippen LogP) is 3.87. The van der Waals surface area contributed by atoms with Gasteiger partial charge in [0.15, 0.2) is 11.5 Å². The summed E-state index contributed by atoms with van der Waals surface area (Å²) in [5.41, 5.74) is 2.87. The van der Waals surface area contributed by atoms with Gasteiger partial charge < -0.3 is 14.6 Å². The molecule has 1 N–H and O–H groups in total. The molecule has 0 unspecified atom stereocenters. The van der Waals surface area contributed by atoms with E-state index in [1.165, 1.54) is 11.1 Å². The highest BCUT2D eigenvalue weighted by Crippen LogP contribution is 2.27. The zero-order chi connectivity index (χ0) is 18.6. The molecule has 0 aliphatic heterocycles. The van der Waals surface area contributed by atoms with Gasteiger partial charge in [0.2, 0.25) is 0 Å². The van der Waals surface area contributed by atoms with E-state index in [0.29, 0.717) is 5.76 Å². The number of amides is 1. The molecular formula is C21H20N2O3S. The number of ether oxygens (including phenoxy) is 1. The third-order valence-corrected chi connectivity index (χ3v) is 5.39. The number of para-hydroxylation sites is 1. The molecule has 0 saturated heterocycles. The van der Waals surface area contributed by atoms with Gasteiger partial charge in [0.05, 0.1) is 0 Å². The molecule has 0 spiro atoms. The monoisotopic (exact) mass is 380 g/mol. The van der Waals surface area contributed by atoms with Crippen molar-refractivity contribution in [2.24, 2.45) is 0 Å². The molecule has 1 aliphatic carbocycles. The third-order valence-electron chi connectivity index (χ3n) is 4.62. The summed E-state index contributed by atoms with van der Waals surface area (Å²) >= 11 is 1.62. The first-order valence-corrected chi connectivity index (χ1v) is 10.0. The lowest BCUT2D eigenvalue weighted by molar-refractivity contribution is 0.0929. The van der Waals surface area contributed by atoms with Crippen molar-refractivity contribution in [1.29, 1.82) is 0 Å². The van der Waals surface area contributed by atoms with Gasteiger partial charge in [-0.2, -0.15) is 0 Å². The number of aromatic nitrogens is 1. The molecule has 1 heterocycles. The molecule has 1 amide bonds. The van der Waals surface area contributed by atoms with Gasteiger partial charge in [-0.15, -0.1) is 11.8 Å². The fraction of sp³-hybridized carbons (Fsp3) is 0.238. The second kappa shape index (κ2) is 7.88. The summed E-state index contributed by atoms with van der Waals surface area (Å²) in [6, 6.07) is 17.8. The summed E-state index contributed by atoms with van der Waals surface area (Å²) in [6.07, 6.45) is 3.70. The molecule has 6 heteroatoms. The standard InChI is InChI=1S/C21H20N2O3S/c1-27-20-9-5-4-8-19(20)25-13-17-12-18(23-26-17)21(24)22-16-10-14-6-2-3-7-15(14)11-16/h2-9,12,16H,10-11,13H2,1H3,(H,22,24). The van der Waals surface area contributed by atoms with Crippen LogP contribution in [0.3, 0.4) is 0 Å². The van der Waals surface area contributed by atoms with Crippen molar-refractivity contribution in [2.75, 3.05) is 6.26 Å². The van der Waals surface area contributed by atoms with Gasteiger partial charge >= 0.3 is 0 Å². The van der Waals surface area contributed by atoms with Crippen LogP contribution in [0, 0.1) is 0 Å². The summed E-state index contributed by atoms with van der Waals surface area (Å²) in [4.78, 5) is 13.5. The van der Waals surface area contributed by atoms with Crippen LogP contribution >= 0.6 is 11.8 Å². The average Bonchev–Trinajstić information content (AvgIpc) is 3.33. The fourth-order valence-corrected chi connectivity index (χ4v) is 3.84. The van der Waals surface area contributed by atoms with Crippen molar-refractivity contribution in [2.45, 2.75) is 30.4 Å². The van der Waals surface area contributed by atoms with E-state index in [-0.39, 0.29) is 24.2 Å². The Bertz CT molecular complexity index is 929. The maximum absolute atomic E-state index is 12.5. The lowest BCUT2D eigenvalue weighted by atomic mass is 10.1. The van der Waals surface area contributed by atoms with E-state index in [0.717, 1.165) is 23.5 Å². The molecule has 1 aliphatic rings. The summed E-state index contributed by atoms with van der Waals surface area (Å²) in [6.45, 7) is 0.229.